The Hall–Kier alpha value is -2.10. The zero-order valence-corrected chi connectivity index (χ0v) is 8.57. The zero-order valence-electron chi connectivity index (χ0n) is 8.57. The molecule has 0 aliphatic heterocycles. The molecule has 0 amide bonds. The fraction of sp³-hybridized carbons (Fsp3) is 0.0833. The number of ether oxygens (including phenoxy) is 1. The quantitative estimate of drug-likeness (QED) is 0.730. The van der Waals surface area contributed by atoms with E-state index in [9.17, 15) is 9.18 Å². The van der Waals surface area contributed by atoms with Crippen molar-refractivity contribution >= 4 is 5.97 Å². The lowest BCUT2D eigenvalue weighted by atomic mass is 10.1. The van der Waals surface area contributed by atoms with Gasteiger partial charge in [-0.2, -0.15) is 0 Å². The van der Waals surface area contributed by atoms with Gasteiger partial charge in [-0.25, -0.2) is 9.18 Å². The van der Waals surface area contributed by atoms with Crippen LogP contribution >= 0.6 is 0 Å². The molecule has 0 radical (unpaired) electrons. The van der Waals surface area contributed by atoms with Crippen LogP contribution in [0, 0.1) is 5.82 Å². The maximum Gasteiger partial charge on any atom is 0.373 e. The normalized spacial score (nSPS) is 10.1. The standard InChI is InChI=1S/C12H9FO3/c1-15-12(14)11-6-8(7-16-11)9-4-2-3-5-10(9)13/h2-7H,1H3. The van der Waals surface area contributed by atoms with Crippen molar-refractivity contribution in [3.63, 3.8) is 0 Å². The number of carbonyl (C=O) groups excluding carboxylic acids is 1. The molecule has 0 saturated carbocycles. The highest BCUT2D eigenvalue weighted by molar-refractivity contribution is 5.88. The number of furan rings is 1. The van der Waals surface area contributed by atoms with Crippen LogP contribution in [0.15, 0.2) is 41.0 Å². The van der Waals surface area contributed by atoms with Gasteiger partial charge in [0.15, 0.2) is 0 Å². The molecule has 1 aromatic carbocycles. The Bertz CT molecular complexity index is 516. The van der Waals surface area contributed by atoms with Gasteiger partial charge < -0.3 is 9.15 Å². The van der Waals surface area contributed by atoms with Crippen LogP contribution in [0.3, 0.4) is 0 Å². The number of esters is 1. The lowest BCUT2D eigenvalue weighted by molar-refractivity contribution is 0.0565. The molecule has 0 aliphatic rings. The van der Waals surface area contributed by atoms with E-state index in [-0.39, 0.29) is 11.6 Å². The Balaban J connectivity index is 2.39. The number of hydrogen-bond donors (Lipinski definition) is 0. The van der Waals surface area contributed by atoms with Gasteiger partial charge in [0, 0.05) is 11.1 Å². The van der Waals surface area contributed by atoms with Crippen LogP contribution in [0.5, 0.6) is 0 Å². The smallest absolute Gasteiger partial charge is 0.373 e. The molecule has 1 aromatic heterocycles. The van der Waals surface area contributed by atoms with Crippen molar-refractivity contribution in [1.29, 1.82) is 0 Å². The van der Waals surface area contributed by atoms with Crippen molar-refractivity contribution in [3.05, 3.63) is 48.2 Å². The molecular weight excluding hydrogens is 211 g/mol. The first-order valence-electron chi connectivity index (χ1n) is 4.64. The Morgan fingerprint density at radius 2 is 2.12 bits per heavy atom. The van der Waals surface area contributed by atoms with Gasteiger partial charge in [-0.15, -0.1) is 0 Å². The van der Waals surface area contributed by atoms with Crippen molar-refractivity contribution < 1.29 is 18.3 Å². The van der Waals surface area contributed by atoms with Crippen molar-refractivity contribution in [2.75, 3.05) is 7.11 Å². The van der Waals surface area contributed by atoms with E-state index in [0.717, 1.165) is 0 Å². The monoisotopic (exact) mass is 220 g/mol. The average Bonchev–Trinajstić information content (AvgIpc) is 2.78. The van der Waals surface area contributed by atoms with Gasteiger partial charge in [-0.05, 0) is 12.1 Å². The lowest BCUT2D eigenvalue weighted by Gasteiger charge is -1.97. The molecule has 16 heavy (non-hydrogen) atoms. The Labute approximate surface area is 91.5 Å². The predicted molar refractivity (Wildman–Crippen MR) is 55.4 cm³/mol. The third-order valence-corrected chi connectivity index (χ3v) is 2.17. The summed E-state index contributed by atoms with van der Waals surface area (Å²) in [5, 5.41) is 0. The van der Waals surface area contributed by atoms with Crippen LogP contribution in [-0.2, 0) is 4.74 Å². The molecule has 0 spiro atoms. The third kappa shape index (κ3) is 1.82. The van der Waals surface area contributed by atoms with E-state index in [0.29, 0.717) is 11.1 Å². The molecule has 82 valence electrons. The van der Waals surface area contributed by atoms with Crippen LogP contribution in [0.25, 0.3) is 11.1 Å². The van der Waals surface area contributed by atoms with Gasteiger partial charge in [0.1, 0.15) is 5.82 Å². The second-order valence-corrected chi connectivity index (χ2v) is 3.17. The summed E-state index contributed by atoms with van der Waals surface area (Å²) in [6.07, 6.45) is 1.32. The minimum absolute atomic E-state index is 0.0563. The molecule has 3 nitrogen and oxygen atoms in total. The van der Waals surface area contributed by atoms with E-state index in [1.165, 1.54) is 25.5 Å². The van der Waals surface area contributed by atoms with Gasteiger partial charge in [-0.3, -0.25) is 0 Å². The molecule has 0 atom stereocenters. The maximum absolute atomic E-state index is 13.4. The fourth-order valence-electron chi connectivity index (χ4n) is 1.38. The molecule has 0 N–H and O–H groups in total. The summed E-state index contributed by atoms with van der Waals surface area (Å²) in [6, 6.07) is 7.72. The minimum Gasteiger partial charge on any atom is -0.463 e. The molecule has 0 fully saturated rings. The number of benzene rings is 1. The van der Waals surface area contributed by atoms with Crippen LogP contribution in [0.4, 0.5) is 4.39 Å². The summed E-state index contributed by atoms with van der Waals surface area (Å²) in [6.45, 7) is 0. The number of carbonyl (C=O) groups is 1. The summed E-state index contributed by atoms with van der Waals surface area (Å²) < 4.78 is 22.9. The first-order valence-corrected chi connectivity index (χ1v) is 4.64. The maximum atomic E-state index is 13.4. The van der Waals surface area contributed by atoms with Crippen molar-refractivity contribution in [3.8, 4) is 11.1 Å². The van der Waals surface area contributed by atoms with Gasteiger partial charge >= 0.3 is 5.97 Å². The number of hydrogen-bond acceptors (Lipinski definition) is 3. The minimum atomic E-state index is -0.581. The van der Waals surface area contributed by atoms with E-state index in [2.05, 4.69) is 4.74 Å². The Morgan fingerprint density at radius 3 is 2.81 bits per heavy atom. The third-order valence-electron chi connectivity index (χ3n) is 2.17. The largest absolute Gasteiger partial charge is 0.463 e. The van der Waals surface area contributed by atoms with Crippen molar-refractivity contribution in [2.24, 2.45) is 0 Å². The molecular formula is C12H9FO3. The van der Waals surface area contributed by atoms with Crippen molar-refractivity contribution in [2.45, 2.75) is 0 Å². The topological polar surface area (TPSA) is 39.4 Å². The summed E-state index contributed by atoms with van der Waals surface area (Å²) in [4.78, 5) is 11.1. The Kier molecular flexibility index (Phi) is 2.72. The van der Waals surface area contributed by atoms with Crippen LogP contribution in [0.1, 0.15) is 10.6 Å². The molecule has 0 aliphatic carbocycles. The predicted octanol–water partition coefficient (Wildman–Crippen LogP) is 2.87. The molecule has 0 saturated heterocycles. The highest BCUT2D eigenvalue weighted by Gasteiger charge is 2.13. The fourth-order valence-corrected chi connectivity index (χ4v) is 1.38. The summed E-state index contributed by atoms with van der Waals surface area (Å²) in [7, 11) is 1.26. The molecule has 0 unspecified atom stereocenters. The van der Waals surface area contributed by atoms with Gasteiger partial charge in [0.25, 0.3) is 0 Å². The van der Waals surface area contributed by atoms with E-state index in [4.69, 9.17) is 4.42 Å². The van der Waals surface area contributed by atoms with E-state index in [1.807, 2.05) is 0 Å². The number of halogens is 1. The summed E-state index contributed by atoms with van der Waals surface area (Å²) in [5.41, 5.74) is 0.903. The van der Waals surface area contributed by atoms with Crippen molar-refractivity contribution in [1.82, 2.24) is 0 Å². The Morgan fingerprint density at radius 1 is 1.38 bits per heavy atom. The van der Waals surface area contributed by atoms with Gasteiger partial charge in [-0.1, -0.05) is 18.2 Å². The molecule has 4 heteroatoms. The molecule has 0 bridgehead atoms. The number of rotatable bonds is 2. The van der Waals surface area contributed by atoms with E-state index < -0.39 is 5.97 Å². The first-order chi connectivity index (χ1) is 7.72. The molecule has 1 heterocycles. The van der Waals surface area contributed by atoms with Gasteiger partial charge in [0.2, 0.25) is 5.76 Å². The first kappa shape index (κ1) is 10.4. The van der Waals surface area contributed by atoms with Crippen LogP contribution in [0.2, 0.25) is 0 Å². The summed E-state index contributed by atoms with van der Waals surface area (Å²) in [5.74, 6) is -0.886. The van der Waals surface area contributed by atoms with Gasteiger partial charge in [0.05, 0.1) is 13.4 Å². The molecule has 2 rings (SSSR count). The number of methoxy groups -OCH3 is 1. The SMILES string of the molecule is COC(=O)c1cc(-c2ccccc2F)co1. The highest BCUT2D eigenvalue weighted by atomic mass is 19.1. The van der Waals surface area contributed by atoms with Crippen LogP contribution < -0.4 is 0 Å². The van der Waals surface area contributed by atoms with Crippen LogP contribution in [-0.4, -0.2) is 13.1 Å². The zero-order chi connectivity index (χ0) is 11.5. The average molecular weight is 220 g/mol. The lowest BCUT2D eigenvalue weighted by Crippen LogP contribution is -1.98. The highest BCUT2D eigenvalue weighted by Crippen LogP contribution is 2.24. The second kappa shape index (κ2) is 4.18. The van der Waals surface area contributed by atoms with E-state index in [1.54, 1.807) is 18.2 Å². The molecule has 2 aromatic rings. The summed E-state index contributed by atoms with van der Waals surface area (Å²) >= 11 is 0. The second-order valence-electron chi connectivity index (χ2n) is 3.17. The van der Waals surface area contributed by atoms with E-state index >= 15 is 0 Å².